The topological polar surface area (TPSA) is 62.1 Å². The highest BCUT2D eigenvalue weighted by molar-refractivity contribution is 6.06. The number of carbonyl (C=O) groups is 1. The lowest BCUT2D eigenvalue weighted by molar-refractivity contribution is 0.0703. The van der Waals surface area contributed by atoms with Crippen molar-refractivity contribution in [2.24, 2.45) is 11.1 Å². The van der Waals surface area contributed by atoms with Gasteiger partial charge < -0.3 is 15.6 Å². The maximum absolute atomic E-state index is 12.7. The van der Waals surface area contributed by atoms with Crippen LogP contribution in [0, 0.1) is 5.41 Å². The van der Waals surface area contributed by atoms with Crippen LogP contribution in [0.25, 0.3) is 10.9 Å². The minimum Gasteiger partial charge on any atom is -0.360 e. The van der Waals surface area contributed by atoms with E-state index in [1.165, 1.54) is 0 Å². The standard InChI is InChI=1S/C16H23N3O/c1-4-19(11-16(2,3)10-17)15(20)13-9-18-14-8-6-5-7-12(13)14/h5-9,18H,4,10-11,17H2,1-3H3. The van der Waals surface area contributed by atoms with Gasteiger partial charge in [-0.15, -0.1) is 0 Å². The van der Waals surface area contributed by atoms with Gasteiger partial charge >= 0.3 is 0 Å². The lowest BCUT2D eigenvalue weighted by Gasteiger charge is -2.31. The van der Waals surface area contributed by atoms with E-state index < -0.39 is 0 Å². The van der Waals surface area contributed by atoms with Crippen molar-refractivity contribution in [3.05, 3.63) is 36.0 Å². The minimum atomic E-state index is -0.0716. The number of hydrogen-bond donors (Lipinski definition) is 2. The van der Waals surface area contributed by atoms with Gasteiger partial charge in [0.15, 0.2) is 0 Å². The number of hydrogen-bond acceptors (Lipinski definition) is 2. The van der Waals surface area contributed by atoms with Crippen LogP contribution in [0.3, 0.4) is 0 Å². The molecule has 2 rings (SSSR count). The fourth-order valence-corrected chi connectivity index (χ4v) is 2.33. The van der Waals surface area contributed by atoms with Gasteiger partial charge in [-0.3, -0.25) is 4.79 Å². The molecule has 2 aromatic rings. The van der Waals surface area contributed by atoms with Crippen molar-refractivity contribution in [2.45, 2.75) is 20.8 Å². The summed E-state index contributed by atoms with van der Waals surface area (Å²) >= 11 is 0. The third kappa shape index (κ3) is 2.85. The van der Waals surface area contributed by atoms with Crippen molar-refractivity contribution in [2.75, 3.05) is 19.6 Å². The Labute approximate surface area is 120 Å². The Balaban J connectivity index is 2.29. The van der Waals surface area contributed by atoms with Crippen molar-refractivity contribution < 1.29 is 4.79 Å². The first kappa shape index (κ1) is 14.6. The molecule has 0 radical (unpaired) electrons. The Bertz CT molecular complexity index is 601. The Morgan fingerprint density at radius 1 is 1.35 bits per heavy atom. The number of nitrogens with one attached hydrogen (secondary N) is 1. The third-order valence-corrected chi connectivity index (χ3v) is 3.66. The second-order valence-electron chi connectivity index (χ2n) is 5.94. The number of aromatic nitrogens is 1. The predicted molar refractivity (Wildman–Crippen MR) is 82.7 cm³/mol. The van der Waals surface area contributed by atoms with E-state index >= 15 is 0 Å². The van der Waals surface area contributed by atoms with Crippen LogP contribution in [-0.4, -0.2) is 35.4 Å². The molecule has 0 saturated carbocycles. The van der Waals surface area contributed by atoms with Crippen molar-refractivity contribution >= 4 is 16.8 Å². The Kier molecular flexibility index (Phi) is 4.14. The molecule has 0 atom stereocenters. The molecule has 0 saturated heterocycles. The third-order valence-electron chi connectivity index (χ3n) is 3.66. The highest BCUT2D eigenvalue weighted by Gasteiger charge is 2.24. The molecule has 4 heteroatoms. The van der Waals surface area contributed by atoms with Crippen molar-refractivity contribution in [3.8, 4) is 0 Å². The van der Waals surface area contributed by atoms with Gasteiger partial charge in [0.2, 0.25) is 0 Å². The fourth-order valence-electron chi connectivity index (χ4n) is 2.33. The second kappa shape index (κ2) is 5.67. The van der Waals surface area contributed by atoms with Gasteiger partial charge in [-0.05, 0) is 24.9 Å². The highest BCUT2D eigenvalue weighted by Crippen LogP contribution is 2.22. The van der Waals surface area contributed by atoms with E-state index in [9.17, 15) is 4.79 Å². The average Bonchev–Trinajstić information content (AvgIpc) is 2.88. The smallest absolute Gasteiger partial charge is 0.256 e. The molecule has 20 heavy (non-hydrogen) atoms. The zero-order chi connectivity index (χ0) is 14.8. The number of carbonyl (C=O) groups excluding carboxylic acids is 1. The lowest BCUT2D eigenvalue weighted by atomic mass is 9.93. The zero-order valence-corrected chi connectivity index (χ0v) is 12.4. The molecule has 4 nitrogen and oxygen atoms in total. The molecule has 0 aliphatic carbocycles. The monoisotopic (exact) mass is 273 g/mol. The van der Waals surface area contributed by atoms with Gasteiger partial charge in [0.25, 0.3) is 5.91 Å². The summed E-state index contributed by atoms with van der Waals surface area (Å²) in [5, 5.41) is 0.974. The summed E-state index contributed by atoms with van der Waals surface area (Å²) in [4.78, 5) is 17.7. The van der Waals surface area contributed by atoms with Gasteiger partial charge in [-0.25, -0.2) is 0 Å². The molecule has 1 heterocycles. The summed E-state index contributed by atoms with van der Waals surface area (Å²) in [6, 6.07) is 7.86. The van der Waals surface area contributed by atoms with Crippen molar-refractivity contribution in [1.29, 1.82) is 0 Å². The molecule has 0 unspecified atom stereocenters. The van der Waals surface area contributed by atoms with Crippen LogP contribution < -0.4 is 5.73 Å². The van der Waals surface area contributed by atoms with Crippen LogP contribution in [0.1, 0.15) is 31.1 Å². The number of amides is 1. The first-order chi connectivity index (χ1) is 9.48. The van der Waals surface area contributed by atoms with Crippen LogP contribution in [0.2, 0.25) is 0 Å². The van der Waals surface area contributed by atoms with E-state index in [1.54, 1.807) is 6.20 Å². The second-order valence-corrected chi connectivity index (χ2v) is 5.94. The molecule has 0 spiro atoms. The lowest BCUT2D eigenvalue weighted by Crippen LogP contribution is -2.41. The number of aromatic amines is 1. The van der Waals surface area contributed by atoms with Crippen molar-refractivity contribution in [1.82, 2.24) is 9.88 Å². The fraction of sp³-hybridized carbons (Fsp3) is 0.438. The largest absolute Gasteiger partial charge is 0.360 e. The quantitative estimate of drug-likeness (QED) is 0.879. The molecule has 0 fully saturated rings. The Hall–Kier alpha value is -1.81. The highest BCUT2D eigenvalue weighted by atomic mass is 16.2. The average molecular weight is 273 g/mol. The molecular weight excluding hydrogens is 250 g/mol. The van der Waals surface area contributed by atoms with Crippen LogP contribution in [0.15, 0.2) is 30.5 Å². The molecule has 0 bridgehead atoms. The summed E-state index contributed by atoms with van der Waals surface area (Å²) < 4.78 is 0. The summed E-state index contributed by atoms with van der Waals surface area (Å²) in [5.74, 6) is 0.0616. The number of rotatable bonds is 5. The molecular formula is C16H23N3O. The predicted octanol–water partition coefficient (Wildman–Crippen LogP) is 2.61. The van der Waals surface area contributed by atoms with Crippen LogP contribution in [-0.2, 0) is 0 Å². The van der Waals surface area contributed by atoms with Gasteiger partial charge in [0.05, 0.1) is 5.56 Å². The van der Waals surface area contributed by atoms with Crippen LogP contribution in [0.5, 0.6) is 0 Å². The molecule has 0 aliphatic heterocycles. The number of H-pyrrole nitrogens is 1. The molecule has 108 valence electrons. The normalized spacial score (nSPS) is 11.8. The van der Waals surface area contributed by atoms with Gasteiger partial charge in [-0.1, -0.05) is 32.0 Å². The number of nitrogens with two attached hydrogens (primary N) is 1. The maximum Gasteiger partial charge on any atom is 0.256 e. The van der Waals surface area contributed by atoms with Crippen molar-refractivity contribution in [3.63, 3.8) is 0 Å². The number of fused-ring (bicyclic) bond motifs is 1. The molecule has 3 N–H and O–H groups in total. The minimum absolute atomic E-state index is 0.0616. The molecule has 1 aromatic carbocycles. The van der Waals surface area contributed by atoms with Gasteiger partial charge in [-0.2, -0.15) is 0 Å². The zero-order valence-electron chi connectivity index (χ0n) is 12.4. The summed E-state index contributed by atoms with van der Waals surface area (Å²) in [6.07, 6.45) is 1.80. The van der Waals surface area contributed by atoms with E-state index in [-0.39, 0.29) is 11.3 Å². The van der Waals surface area contributed by atoms with E-state index in [2.05, 4.69) is 18.8 Å². The summed E-state index contributed by atoms with van der Waals surface area (Å²) in [7, 11) is 0. The molecule has 1 amide bonds. The number of benzene rings is 1. The first-order valence-corrected chi connectivity index (χ1v) is 7.04. The van der Waals surface area contributed by atoms with E-state index in [1.807, 2.05) is 36.1 Å². The van der Waals surface area contributed by atoms with Crippen LogP contribution >= 0.6 is 0 Å². The van der Waals surface area contributed by atoms with Gasteiger partial charge in [0.1, 0.15) is 0 Å². The molecule has 1 aromatic heterocycles. The van der Waals surface area contributed by atoms with Crippen LogP contribution in [0.4, 0.5) is 0 Å². The number of para-hydroxylation sites is 1. The van der Waals surface area contributed by atoms with E-state index in [0.29, 0.717) is 19.6 Å². The summed E-state index contributed by atoms with van der Waals surface area (Å²) in [5.41, 5.74) is 7.43. The SMILES string of the molecule is CCN(CC(C)(C)CN)C(=O)c1c[nH]c2ccccc12. The van der Waals surface area contributed by atoms with E-state index in [0.717, 1.165) is 16.5 Å². The molecule has 0 aliphatic rings. The Morgan fingerprint density at radius 2 is 2.05 bits per heavy atom. The maximum atomic E-state index is 12.7. The summed E-state index contributed by atoms with van der Waals surface area (Å²) in [6.45, 7) is 8.07. The number of nitrogens with zero attached hydrogens (tertiary/aromatic N) is 1. The Morgan fingerprint density at radius 3 is 2.70 bits per heavy atom. The first-order valence-electron chi connectivity index (χ1n) is 7.04. The van der Waals surface area contributed by atoms with Gasteiger partial charge in [0, 0.05) is 30.2 Å². The van der Waals surface area contributed by atoms with E-state index in [4.69, 9.17) is 5.73 Å².